The zero-order valence-corrected chi connectivity index (χ0v) is 8.81. The van der Waals surface area contributed by atoms with Crippen molar-refractivity contribution in [3.63, 3.8) is 0 Å². The van der Waals surface area contributed by atoms with Crippen molar-refractivity contribution >= 4 is 5.91 Å². The molecule has 0 atom stereocenters. The van der Waals surface area contributed by atoms with Gasteiger partial charge in [0.15, 0.2) is 0 Å². The van der Waals surface area contributed by atoms with Crippen LogP contribution in [-0.4, -0.2) is 32.2 Å². The van der Waals surface area contributed by atoms with Crippen LogP contribution < -0.4 is 5.32 Å². The minimum absolute atomic E-state index is 0.172. The van der Waals surface area contributed by atoms with E-state index in [-0.39, 0.29) is 11.7 Å². The van der Waals surface area contributed by atoms with Gasteiger partial charge in [0, 0.05) is 13.1 Å². The minimum Gasteiger partial charge on any atom is -0.347 e. The molecular weight excluding hydrogens is 194 g/mol. The van der Waals surface area contributed by atoms with Crippen molar-refractivity contribution in [1.82, 2.24) is 25.5 Å². The van der Waals surface area contributed by atoms with Crippen LogP contribution in [0.15, 0.2) is 0 Å². The Hall–Kier alpha value is -1.46. The standard InChI is InChI=1S/C9H15N5O/c1-14-8(11-12-13-14)9(15)10-7-5-3-2-4-6-7/h7H,2-6H2,1H3,(H,10,15). The van der Waals surface area contributed by atoms with Crippen LogP contribution in [0.2, 0.25) is 0 Å². The summed E-state index contributed by atoms with van der Waals surface area (Å²) in [5.74, 6) is 0.106. The van der Waals surface area contributed by atoms with Crippen LogP contribution in [0.1, 0.15) is 42.7 Å². The molecule has 1 amide bonds. The molecule has 1 aliphatic rings. The predicted molar refractivity (Wildman–Crippen MR) is 53.1 cm³/mol. The van der Waals surface area contributed by atoms with E-state index in [9.17, 15) is 4.79 Å². The molecule has 0 saturated heterocycles. The number of carbonyl (C=O) groups excluding carboxylic acids is 1. The van der Waals surface area contributed by atoms with Gasteiger partial charge in [0.2, 0.25) is 5.82 Å². The average molecular weight is 209 g/mol. The largest absolute Gasteiger partial charge is 0.347 e. The van der Waals surface area contributed by atoms with Crippen LogP contribution in [0.3, 0.4) is 0 Å². The lowest BCUT2D eigenvalue weighted by Gasteiger charge is -2.22. The SMILES string of the molecule is Cn1nnnc1C(=O)NC1CCCCC1. The maximum Gasteiger partial charge on any atom is 0.290 e. The third-order valence-electron chi connectivity index (χ3n) is 2.76. The molecule has 1 heterocycles. The number of tetrazole rings is 1. The first-order chi connectivity index (χ1) is 7.27. The van der Waals surface area contributed by atoms with Gasteiger partial charge in [0.25, 0.3) is 5.91 Å². The molecule has 0 unspecified atom stereocenters. The molecule has 2 rings (SSSR count). The average Bonchev–Trinajstić information content (AvgIpc) is 2.66. The highest BCUT2D eigenvalue weighted by molar-refractivity contribution is 5.90. The van der Waals surface area contributed by atoms with Crippen molar-refractivity contribution < 1.29 is 4.79 Å². The number of nitrogens with one attached hydrogen (secondary N) is 1. The first-order valence-electron chi connectivity index (χ1n) is 5.30. The summed E-state index contributed by atoms with van der Waals surface area (Å²) in [4.78, 5) is 11.7. The molecule has 15 heavy (non-hydrogen) atoms. The number of rotatable bonds is 2. The van der Waals surface area contributed by atoms with Gasteiger partial charge in [0.1, 0.15) is 0 Å². The van der Waals surface area contributed by atoms with Gasteiger partial charge in [-0.05, 0) is 23.3 Å². The van der Waals surface area contributed by atoms with E-state index < -0.39 is 0 Å². The van der Waals surface area contributed by atoms with Crippen LogP contribution in [0.4, 0.5) is 0 Å². The molecule has 0 spiro atoms. The van der Waals surface area contributed by atoms with E-state index in [0.29, 0.717) is 6.04 Å². The molecule has 1 fully saturated rings. The number of hydrogen-bond donors (Lipinski definition) is 1. The van der Waals surface area contributed by atoms with Crippen molar-refractivity contribution in [1.29, 1.82) is 0 Å². The van der Waals surface area contributed by atoms with Gasteiger partial charge in [-0.25, -0.2) is 4.68 Å². The molecule has 6 heteroatoms. The van der Waals surface area contributed by atoms with Crippen molar-refractivity contribution in [2.75, 3.05) is 0 Å². The van der Waals surface area contributed by atoms with Crippen molar-refractivity contribution in [3.05, 3.63) is 5.82 Å². The van der Waals surface area contributed by atoms with Gasteiger partial charge in [-0.3, -0.25) is 4.79 Å². The zero-order chi connectivity index (χ0) is 10.7. The van der Waals surface area contributed by atoms with Crippen LogP contribution in [0.25, 0.3) is 0 Å². The molecule has 0 aromatic carbocycles. The fourth-order valence-corrected chi connectivity index (χ4v) is 1.92. The van der Waals surface area contributed by atoms with E-state index in [1.54, 1.807) is 7.05 Å². The highest BCUT2D eigenvalue weighted by Gasteiger charge is 2.19. The molecule has 1 N–H and O–H groups in total. The molecular formula is C9H15N5O. The Labute approximate surface area is 88.0 Å². The molecule has 6 nitrogen and oxygen atoms in total. The topological polar surface area (TPSA) is 72.7 Å². The smallest absolute Gasteiger partial charge is 0.290 e. The second-order valence-electron chi connectivity index (χ2n) is 3.93. The molecule has 0 radical (unpaired) electrons. The van der Waals surface area contributed by atoms with Crippen LogP contribution in [-0.2, 0) is 7.05 Å². The summed E-state index contributed by atoms with van der Waals surface area (Å²) in [6.45, 7) is 0. The predicted octanol–water partition coefficient (Wildman–Crippen LogP) is 0.273. The Morgan fingerprint density at radius 2 is 2.13 bits per heavy atom. The van der Waals surface area contributed by atoms with Crippen LogP contribution in [0, 0.1) is 0 Å². The summed E-state index contributed by atoms with van der Waals surface area (Å²) in [6, 6.07) is 0.294. The number of nitrogens with zero attached hydrogens (tertiary/aromatic N) is 4. The number of aryl methyl sites for hydroxylation is 1. The summed E-state index contributed by atoms with van der Waals surface area (Å²) in [5, 5.41) is 13.7. The summed E-state index contributed by atoms with van der Waals surface area (Å²) in [5.41, 5.74) is 0. The maximum atomic E-state index is 11.7. The number of aromatic nitrogens is 4. The van der Waals surface area contributed by atoms with E-state index in [4.69, 9.17) is 0 Å². The van der Waals surface area contributed by atoms with Gasteiger partial charge in [-0.15, -0.1) is 5.10 Å². The van der Waals surface area contributed by atoms with Crippen LogP contribution in [0.5, 0.6) is 0 Å². The molecule has 82 valence electrons. The first kappa shape index (κ1) is 10.1. The minimum atomic E-state index is -0.172. The molecule has 1 aromatic rings. The highest BCUT2D eigenvalue weighted by atomic mass is 16.2. The lowest BCUT2D eigenvalue weighted by Crippen LogP contribution is -2.37. The number of amides is 1. The normalized spacial score (nSPS) is 17.7. The van der Waals surface area contributed by atoms with Crippen molar-refractivity contribution in [3.8, 4) is 0 Å². The van der Waals surface area contributed by atoms with E-state index >= 15 is 0 Å². The van der Waals surface area contributed by atoms with Gasteiger partial charge in [-0.2, -0.15) is 0 Å². The summed E-state index contributed by atoms with van der Waals surface area (Å²) < 4.78 is 1.39. The Kier molecular flexibility index (Phi) is 2.94. The third kappa shape index (κ3) is 2.31. The lowest BCUT2D eigenvalue weighted by molar-refractivity contribution is 0.0912. The van der Waals surface area contributed by atoms with E-state index in [1.165, 1.54) is 23.9 Å². The Balaban J connectivity index is 1.94. The molecule has 0 aliphatic heterocycles. The third-order valence-corrected chi connectivity index (χ3v) is 2.76. The second-order valence-corrected chi connectivity index (χ2v) is 3.93. The molecule has 0 bridgehead atoms. The van der Waals surface area contributed by atoms with Gasteiger partial charge in [-0.1, -0.05) is 19.3 Å². The highest BCUT2D eigenvalue weighted by Crippen LogP contribution is 2.17. The summed E-state index contributed by atoms with van der Waals surface area (Å²) in [6.07, 6.45) is 5.80. The van der Waals surface area contributed by atoms with E-state index in [0.717, 1.165) is 12.8 Å². The molecule has 1 aromatic heterocycles. The monoisotopic (exact) mass is 209 g/mol. The summed E-state index contributed by atoms with van der Waals surface area (Å²) in [7, 11) is 1.66. The Bertz CT molecular complexity index is 342. The zero-order valence-electron chi connectivity index (χ0n) is 8.81. The van der Waals surface area contributed by atoms with Gasteiger partial charge < -0.3 is 5.32 Å². The lowest BCUT2D eigenvalue weighted by atomic mass is 9.95. The van der Waals surface area contributed by atoms with Crippen molar-refractivity contribution in [2.24, 2.45) is 7.05 Å². The Morgan fingerprint density at radius 3 is 2.73 bits per heavy atom. The quantitative estimate of drug-likeness (QED) is 0.759. The fraction of sp³-hybridized carbons (Fsp3) is 0.778. The number of hydrogen-bond acceptors (Lipinski definition) is 4. The molecule has 1 aliphatic carbocycles. The Morgan fingerprint density at radius 1 is 1.40 bits per heavy atom. The van der Waals surface area contributed by atoms with Crippen molar-refractivity contribution in [2.45, 2.75) is 38.1 Å². The van der Waals surface area contributed by atoms with E-state index in [1.807, 2.05) is 0 Å². The second kappa shape index (κ2) is 4.37. The van der Waals surface area contributed by atoms with Crippen LogP contribution >= 0.6 is 0 Å². The van der Waals surface area contributed by atoms with E-state index in [2.05, 4.69) is 20.8 Å². The fourth-order valence-electron chi connectivity index (χ4n) is 1.92. The summed E-state index contributed by atoms with van der Waals surface area (Å²) >= 11 is 0. The van der Waals surface area contributed by atoms with Gasteiger partial charge >= 0.3 is 0 Å². The maximum absolute atomic E-state index is 11.7. The first-order valence-corrected chi connectivity index (χ1v) is 5.30. The number of carbonyl (C=O) groups is 1. The molecule has 1 saturated carbocycles. The van der Waals surface area contributed by atoms with Gasteiger partial charge in [0.05, 0.1) is 0 Å².